The van der Waals surface area contributed by atoms with Gasteiger partial charge in [0.15, 0.2) is 0 Å². The SMILES string of the molecule is C.NCC(=O)O.[Pd]. The molecule has 0 atom stereocenters. The first kappa shape index (κ1) is 15.7. The maximum atomic E-state index is 9.24. The molecule has 0 aromatic carbocycles. The van der Waals surface area contributed by atoms with Crippen molar-refractivity contribution in [2.24, 2.45) is 5.73 Å². The van der Waals surface area contributed by atoms with Gasteiger partial charge in [0.1, 0.15) is 0 Å². The van der Waals surface area contributed by atoms with E-state index in [1.807, 2.05) is 0 Å². The van der Waals surface area contributed by atoms with Gasteiger partial charge in [-0.05, 0) is 0 Å². The van der Waals surface area contributed by atoms with Crippen molar-refractivity contribution in [3.8, 4) is 0 Å². The van der Waals surface area contributed by atoms with Gasteiger partial charge in [-0.2, -0.15) is 0 Å². The van der Waals surface area contributed by atoms with Crippen molar-refractivity contribution in [1.29, 1.82) is 0 Å². The molecular weight excluding hydrogens is 188 g/mol. The molecule has 0 spiro atoms. The molecule has 0 bridgehead atoms. The van der Waals surface area contributed by atoms with Crippen molar-refractivity contribution >= 4 is 5.97 Å². The molecule has 0 saturated heterocycles. The molecule has 0 fully saturated rings. The number of carbonyl (C=O) groups is 1. The van der Waals surface area contributed by atoms with E-state index in [2.05, 4.69) is 5.73 Å². The standard InChI is InChI=1S/C2H5NO2.CH4.Pd/c3-1-2(4)5;;/h1,3H2,(H,4,5);1H4;. The summed E-state index contributed by atoms with van der Waals surface area (Å²) in [5.41, 5.74) is 4.57. The van der Waals surface area contributed by atoms with Crippen LogP contribution in [0.1, 0.15) is 7.43 Å². The van der Waals surface area contributed by atoms with Crippen LogP contribution < -0.4 is 5.73 Å². The van der Waals surface area contributed by atoms with E-state index in [0.717, 1.165) is 0 Å². The molecular formula is C3H9NO2Pd. The molecule has 0 saturated carbocycles. The Balaban J connectivity index is -0.0000000800. The van der Waals surface area contributed by atoms with Crippen LogP contribution in [0.4, 0.5) is 0 Å². The van der Waals surface area contributed by atoms with E-state index < -0.39 is 5.97 Å². The Morgan fingerprint density at radius 2 is 1.86 bits per heavy atom. The van der Waals surface area contributed by atoms with Gasteiger partial charge in [-0.3, -0.25) is 4.79 Å². The van der Waals surface area contributed by atoms with Crippen LogP contribution in [-0.2, 0) is 25.2 Å². The van der Waals surface area contributed by atoms with E-state index >= 15 is 0 Å². The van der Waals surface area contributed by atoms with Crippen molar-refractivity contribution in [2.75, 3.05) is 6.54 Å². The summed E-state index contributed by atoms with van der Waals surface area (Å²) in [5.74, 6) is -0.968. The van der Waals surface area contributed by atoms with Crippen LogP contribution in [0.3, 0.4) is 0 Å². The fraction of sp³-hybridized carbons (Fsp3) is 0.667. The average Bonchev–Trinajstić information content (AvgIpc) is 1.38. The zero-order chi connectivity index (χ0) is 4.28. The van der Waals surface area contributed by atoms with Gasteiger partial charge in [-0.1, -0.05) is 7.43 Å². The fourth-order valence-electron chi connectivity index (χ4n) is 0. The summed E-state index contributed by atoms with van der Waals surface area (Å²) in [7, 11) is 0. The second-order valence-corrected chi connectivity index (χ2v) is 0.598. The molecule has 0 aliphatic carbocycles. The van der Waals surface area contributed by atoms with E-state index in [4.69, 9.17) is 5.11 Å². The predicted octanol–water partition coefficient (Wildman–Crippen LogP) is -0.337. The Bertz CT molecular complexity index is 48.2. The van der Waals surface area contributed by atoms with Crippen LogP contribution in [0.25, 0.3) is 0 Å². The molecule has 0 aliphatic heterocycles. The smallest absolute Gasteiger partial charge is 0.317 e. The van der Waals surface area contributed by atoms with E-state index in [-0.39, 0.29) is 34.4 Å². The average molecular weight is 198 g/mol. The van der Waals surface area contributed by atoms with Crippen LogP contribution in [0, 0.1) is 0 Å². The van der Waals surface area contributed by atoms with Gasteiger partial charge in [-0.25, -0.2) is 0 Å². The number of aliphatic carboxylic acids is 1. The molecule has 0 unspecified atom stereocenters. The first-order valence-corrected chi connectivity index (χ1v) is 1.19. The third-order valence-corrected chi connectivity index (χ3v) is 0.175. The number of carboxylic acid groups (broad SMARTS) is 1. The monoisotopic (exact) mass is 197 g/mol. The minimum absolute atomic E-state index is 0. The molecule has 7 heavy (non-hydrogen) atoms. The van der Waals surface area contributed by atoms with Crippen LogP contribution in [0.5, 0.6) is 0 Å². The molecule has 48 valence electrons. The number of hydrogen-bond acceptors (Lipinski definition) is 2. The van der Waals surface area contributed by atoms with Crippen LogP contribution >= 0.6 is 0 Å². The summed E-state index contributed by atoms with van der Waals surface area (Å²) in [6.07, 6.45) is 0. The zero-order valence-electron chi connectivity index (χ0n) is 2.96. The Morgan fingerprint density at radius 1 is 1.71 bits per heavy atom. The topological polar surface area (TPSA) is 63.3 Å². The molecule has 4 heteroatoms. The molecule has 0 heterocycles. The second-order valence-electron chi connectivity index (χ2n) is 0.598. The van der Waals surface area contributed by atoms with Gasteiger partial charge in [0.25, 0.3) is 0 Å². The first-order chi connectivity index (χ1) is 2.27. The molecule has 3 N–H and O–H groups in total. The van der Waals surface area contributed by atoms with Crippen molar-refractivity contribution in [2.45, 2.75) is 7.43 Å². The molecule has 0 aromatic rings. The van der Waals surface area contributed by atoms with E-state index in [1.165, 1.54) is 0 Å². The van der Waals surface area contributed by atoms with Gasteiger partial charge >= 0.3 is 5.97 Å². The fourth-order valence-corrected chi connectivity index (χ4v) is 0. The number of rotatable bonds is 1. The Morgan fingerprint density at radius 3 is 1.86 bits per heavy atom. The van der Waals surface area contributed by atoms with Crippen LogP contribution in [0.15, 0.2) is 0 Å². The maximum absolute atomic E-state index is 9.24. The summed E-state index contributed by atoms with van der Waals surface area (Å²) in [4.78, 5) is 9.24. The van der Waals surface area contributed by atoms with Gasteiger partial charge in [0.2, 0.25) is 0 Å². The summed E-state index contributed by atoms with van der Waals surface area (Å²) in [5, 5.41) is 7.60. The normalized spacial score (nSPS) is 5.29. The van der Waals surface area contributed by atoms with E-state index in [0.29, 0.717) is 0 Å². The van der Waals surface area contributed by atoms with Crippen molar-refractivity contribution in [3.63, 3.8) is 0 Å². The molecule has 0 amide bonds. The number of carboxylic acids is 1. The first-order valence-electron chi connectivity index (χ1n) is 1.19. The zero-order valence-corrected chi connectivity index (χ0v) is 4.51. The van der Waals surface area contributed by atoms with E-state index in [9.17, 15) is 4.79 Å². The van der Waals surface area contributed by atoms with Crippen molar-refractivity contribution in [1.82, 2.24) is 0 Å². The van der Waals surface area contributed by atoms with Gasteiger partial charge in [-0.15, -0.1) is 0 Å². The number of hydrogen-bond donors (Lipinski definition) is 2. The van der Waals surface area contributed by atoms with Gasteiger partial charge in [0, 0.05) is 20.4 Å². The minimum Gasteiger partial charge on any atom is -0.480 e. The van der Waals surface area contributed by atoms with Crippen molar-refractivity contribution in [3.05, 3.63) is 0 Å². The van der Waals surface area contributed by atoms with Crippen molar-refractivity contribution < 1.29 is 30.3 Å². The van der Waals surface area contributed by atoms with Gasteiger partial charge in [0.05, 0.1) is 6.54 Å². The predicted molar refractivity (Wildman–Crippen MR) is 23.4 cm³/mol. The summed E-state index contributed by atoms with van der Waals surface area (Å²) >= 11 is 0. The molecule has 0 aromatic heterocycles. The third-order valence-electron chi connectivity index (χ3n) is 0.175. The van der Waals surface area contributed by atoms with Crippen LogP contribution in [-0.4, -0.2) is 17.6 Å². The Labute approximate surface area is 56.5 Å². The van der Waals surface area contributed by atoms with Crippen LogP contribution in [0.2, 0.25) is 0 Å². The minimum atomic E-state index is -0.968. The molecule has 3 nitrogen and oxygen atoms in total. The number of nitrogens with two attached hydrogens (primary N) is 1. The largest absolute Gasteiger partial charge is 0.480 e. The molecule has 0 aliphatic rings. The Kier molecular flexibility index (Phi) is 21.2. The van der Waals surface area contributed by atoms with E-state index in [1.54, 1.807) is 0 Å². The second kappa shape index (κ2) is 9.43. The molecule has 0 radical (unpaired) electrons. The third kappa shape index (κ3) is 23.3. The summed E-state index contributed by atoms with van der Waals surface area (Å²) in [6, 6.07) is 0. The quantitative estimate of drug-likeness (QED) is 0.566. The molecule has 0 rings (SSSR count). The van der Waals surface area contributed by atoms with Gasteiger partial charge < -0.3 is 10.8 Å². The Hall–Kier alpha value is 0.0923. The maximum Gasteiger partial charge on any atom is 0.317 e. The summed E-state index contributed by atoms with van der Waals surface area (Å²) < 4.78 is 0. The summed E-state index contributed by atoms with van der Waals surface area (Å²) in [6.45, 7) is -0.278.